The van der Waals surface area contributed by atoms with Crippen molar-refractivity contribution in [3.05, 3.63) is 35.4 Å². The lowest BCUT2D eigenvalue weighted by Gasteiger charge is -2.22. The maximum Gasteiger partial charge on any atom is 0.305 e. The Bertz CT molecular complexity index is 426. The molecule has 0 amide bonds. The lowest BCUT2D eigenvalue weighted by molar-refractivity contribution is -0.138. The second-order valence-electron chi connectivity index (χ2n) is 3.87. The van der Waals surface area contributed by atoms with E-state index < -0.39 is 29.7 Å². The number of carbonyl (C=O) groups is 1. The Morgan fingerprint density at radius 1 is 1.44 bits per heavy atom. The van der Waals surface area contributed by atoms with Crippen molar-refractivity contribution in [2.75, 3.05) is 6.54 Å². The topological polar surface area (TPSA) is 69.6 Å². The molecule has 100 valence electrons. The standard InChI is InChI=1S/C12H15F2NO3/c1-2-15-10(6-11(16)17)12(18)8-5-7(13)3-4-9(8)14/h3-5,10,12,15,18H,2,6H2,1H3,(H,16,17). The van der Waals surface area contributed by atoms with Crippen molar-refractivity contribution in [1.82, 2.24) is 5.32 Å². The summed E-state index contributed by atoms with van der Waals surface area (Å²) in [5.41, 5.74) is -0.248. The molecule has 1 aromatic rings. The van der Waals surface area contributed by atoms with Gasteiger partial charge in [0.15, 0.2) is 0 Å². The number of hydrogen-bond acceptors (Lipinski definition) is 3. The van der Waals surface area contributed by atoms with Gasteiger partial charge in [0.25, 0.3) is 0 Å². The molecule has 0 aliphatic heterocycles. The lowest BCUT2D eigenvalue weighted by atomic mass is 9.99. The fourth-order valence-electron chi connectivity index (χ4n) is 1.70. The van der Waals surface area contributed by atoms with Crippen LogP contribution in [0, 0.1) is 11.6 Å². The van der Waals surface area contributed by atoms with Gasteiger partial charge in [-0.05, 0) is 24.7 Å². The molecule has 2 atom stereocenters. The van der Waals surface area contributed by atoms with Crippen molar-refractivity contribution in [2.24, 2.45) is 0 Å². The van der Waals surface area contributed by atoms with Gasteiger partial charge in [-0.1, -0.05) is 6.92 Å². The molecule has 0 aliphatic carbocycles. The molecule has 0 heterocycles. The van der Waals surface area contributed by atoms with Gasteiger partial charge in [0.1, 0.15) is 11.6 Å². The highest BCUT2D eigenvalue weighted by Crippen LogP contribution is 2.23. The van der Waals surface area contributed by atoms with Gasteiger partial charge >= 0.3 is 5.97 Å². The molecule has 0 aliphatic rings. The van der Waals surface area contributed by atoms with Crippen molar-refractivity contribution < 1.29 is 23.8 Å². The molecule has 0 bridgehead atoms. The Labute approximate surface area is 103 Å². The molecule has 1 aromatic carbocycles. The van der Waals surface area contributed by atoms with Gasteiger partial charge in [0, 0.05) is 11.6 Å². The summed E-state index contributed by atoms with van der Waals surface area (Å²) in [6.07, 6.45) is -1.80. The minimum atomic E-state index is -1.42. The van der Waals surface area contributed by atoms with Crippen LogP contribution in [0.5, 0.6) is 0 Å². The molecular weight excluding hydrogens is 244 g/mol. The average molecular weight is 259 g/mol. The van der Waals surface area contributed by atoms with E-state index in [0.29, 0.717) is 6.54 Å². The maximum absolute atomic E-state index is 13.5. The lowest BCUT2D eigenvalue weighted by Crippen LogP contribution is -2.37. The largest absolute Gasteiger partial charge is 0.481 e. The molecule has 3 N–H and O–H groups in total. The third-order valence-corrected chi connectivity index (χ3v) is 2.52. The van der Waals surface area contributed by atoms with Crippen LogP contribution in [-0.2, 0) is 4.79 Å². The van der Waals surface area contributed by atoms with Gasteiger partial charge in [0.05, 0.1) is 12.5 Å². The van der Waals surface area contributed by atoms with Gasteiger partial charge in [-0.3, -0.25) is 4.79 Å². The molecule has 6 heteroatoms. The van der Waals surface area contributed by atoms with Crippen molar-refractivity contribution in [2.45, 2.75) is 25.5 Å². The molecule has 0 aromatic heterocycles. The Morgan fingerprint density at radius 3 is 2.67 bits per heavy atom. The van der Waals surface area contributed by atoms with Crippen molar-refractivity contribution in [1.29, 1.82) is 0 Å². The van der Waals surface area contributed by atoms with E-state index in [1.807, 2.05) is 0 Å². The summed E-state index contributed by atoms with van der Waals surface area (Å²) in [6.45, 7) is 2.13. The summed E-state index contributed by atoms with van der Waals surface area (Å²) in [7, 11) is 0. The molecule has 4 nitrogen and oxygen atoms in total. The van der Waals surface area contributed by atoms with Gasteiger partial charge < -0.3 is 15.5 Å². The molecule has 0 fully saturated rings. The predicted octanol–water partition coefficient (Wildman–Crippen LogP) is 1.45. The number of aliphatic hydroxyl groups is 1. The van der Waals surface area contributed by atoms with E-state index in [1.165, 1.54) is 0 Å². The van der Waals surface area contributed by atoms with E-state index in [1.54, 1.807) is 6.92 Å². The van der Waals surface area contributed by atoms with Crippen molar-refractivity contribution in [3.8, 4) is 0 Å². The summed E-state index contributed by atoms with van der Waals surface area (Å²) in [4.78, 5) is 10.7. The average Bonchev–Trinajstić information content (AvgIpc) is 2.30. The molecule has 0 radical (unpaired) electrons. The second kappa shape index (κ2) is 6.42. The summed E-state index contributed by atoms with van der Waals surface area (Å²) in [5, 5.41) is 21.4. The zero-order valence-electron chi connectivity index (χ0n) is 9.86. The molecule has 18 heavy (non-hydrogen) atoms. The number of aliphatic hydroxyl groups excluding tert-OH is 1. The summed E-state index contributed by atoms with van der Waals surface area (Å²) in [5.74, 6) is -2.58. The minimum Gasteiger partial charge on any atom is -0.481 e. The number of carboxylic acid groups (broad SMARTS) is 1. The third-order valence-electron chi connectivity index (χ3n) is 2.52. The predicted molar refractivity (Wildman–Crippen MR) is 61.0 cm³/mol. The van der Waals surface area contributed by atoms with Crippen LogP contribution in [0.4, 0.5) is 8.78 Å². The van der Waals surface area contributed by atoms with Crippen LogP contribution in [0.1, 0.15) is 25.0 Å². The van der Waals surface area contributed by atoms with E-state index in [2.05, 4.69) is 5.32 Å². The quantitative estimate of drug-likeness (QED) is 0.723. The van der Waals surface area contributed by atoms with Crippen LogP contribution < -0.4 is 5.32 Å². The Balaban J connectivity index is 2.96. The summed E-state index contributed by atoms with van der Waals surface area (Å²) < 4.78 is 26.5. The molecule has 2 unspecified atom stereocenters. The van der Waals surface area contributed by atoms with Crippen molar-refractivity contribution in [3.63, 3.8) is 0 Å². The Kier molecular flexibility index (Phi) is 5.18. The monoisotopic (exact) mass is 259 g/mol. The number of aliphatic carboxylic acids is 1. The van der Waals surface area contributed by atoms with Crippen molar-refractivity contribution >= 4 is 5.97 Å². The SMILES string of the molecule is CCNC(CC(=O)O)C(O)c1cc(F)ccc1F. The van der Waals surface area contributed by atoms with E-state index in [-0.39, 0.29) is 12.0 Å². The van der Waals surface area contributed by atoms with Crippen LogP contribution in [0.15, 0.2) is 18.2 Å². The maximum atomic E-state index is 13.5. The number of rotatable bonds is 6. The number of nitrogens with one attached hydrogen (secondary N) is 1. The van der Waals surface area contributed by atoms with E-state index in [9.17, 15) is 18.7 Å². The van der Waals surface area contributed by atoms with Crippen LogP contribution in [0.3, 0.4) is 0 Å². The van der Waals surface area contributed by atoms with E-state index >= 15 is 0 Å². The normalized spacial score (nSPS) is 14.2. The molecule has 0 saturated carbocycles. The molecular formula is C12H15F2NO3. The number of benzene rings is 1. The highest BCUT2D eigenvalue weighted by molar-refractivity contribution is 5.67. The van der Waals surface area contributed by atoms with Gasteiger partial charge in [0.2, 0.25) is 0 Å². The zero-order chi connectivity index (χ0) is 13.7. The van der Waals surface area contributed by atoms with Crippen LogP contribution in [-0.4, -0.2) is 28.8 Å². The summed E-state index contributed by atoms with van der Waals surface area (Å²) in [6, 6.07) is 1.83. The minimum absolute atomic E-state index is 0.248. The first-order valence-corrected chi connectivity index (χ1v) is 5.54. The fraction of sp³-hybridized carbons (Fsp3) is 0.417. The van der Waals surface area contributed by atoms with Crippen LogP contribution >= 0.6 is 0 Å². The number of hydrogen-bond donors (Lipinski definition) is 3. The number of carboxylic acids is 1. The highest BCUT2D eigenvalue weighted by Gasteiger charge is 2.25. The van der Waals surface area contributed by atoms with Gasteiger partial charge in [-0.2, -0.15) is 0 Å². The first-order valence-electron chi connectivity index (χ1n) is 5.54. The molecule has 0 saturated heterocycles. The van der Waals surface area contributed by atoms with Gasteiger partial charge in [-0.25, -0.2) is 8.78 Å². The number of likely N-dealkylation sites (N-methyl/N-ethyl adjacent to an activating group) is 1. The van der Waals surface area contributed by atoms with Gasteiger partial charge in [-0.15, -0.1) is 0 Å². The Hall–Kier alpha value is -1.53. The second-order valence-corrected chi connectivity index (χ2v) is 3.87. The molecule has 1 rings (SSSR count). The van der Waals surface area contributed by atoms with Crippen LogP contribution in [0.2, 0.25) is 0 Å². The number of halogens is 2. The first kappa shape index (κ1) is 14.5. The first-order chi connectivity index (χ1) is 8.45. The van der Waals surface area contributed by atoms with E-state index in [4.69, 9.17) is 5.11 Å². The highest BCUT2D eigenvalue weighted by atomic mass is 19.1. The molecule has 0 spiro atoms. The summed E-state index contributed by atoms with van der Waals surface area (Å²) >= 11 is 0. The smallest absolute Gasteiger partial charge is 0.305 e. The van der Waals surface area contributed by atoms with Crippen LogP contribution in [0.25, 0.3) is 0 Å². The van der Waals surface area contributed by atoms with E-state index in [0.717, 1.165) is 18.2 Å². The fourth-order valence-corrected chi connectivity index (χ4v) is 1.70. The zero-order valence-corrected chi connectivity index (χ0v) is 9.86. The Morgan fingerprint density at radius 2 is 2.11 bits per heavy atom. The third kappa shape index (κ3) is 3.75.